The van der Waals surface area contributed by atoms with Crippen LogP contribution in [0.5, 0.6) is 11.5 Å². The quantitative estimate of drug-likeness (QED) is 0.486. The Bertz CT molecular complexity index is 746. The topological polar surface area (TPSA) is 113 Å². The van der Waals surface area contributed by atoms with E-state index in [1.807, 2.05) is 12.1 Å². The maximum Gasteiger partial charge on any atom is 0.331 e. The highest BCUT2D eigenvalue weighted by Gasteiger charge is 2.10. The van der Waals surface area contributed by atoms with E-state index >= 15 is 0 Å². The summed E-state index contributed by atoms with van der Waals surface area (Å²) in [5, 5.41) is 17.0. The summed E-state index contributed by atoms with van der Waals surface area (Å²) in [5.74, 6) is -0.219. The van der Waals surface area contributed by atoms with E-state index in [4.69, 9.17) is 24.7 Å². The number of rotatable bonds is 9. The Morgan fingerprint density at radius 2 is 2.00 bits per heavy atom. The first-order valence-electron chi connectivity index (χ1n) is 7.65. The molecule has 8 nitrogen and oxygen atoms in total. The molecule has 0 atom stereocenters. The molecule has 0 N–H and O–H groups in total. The number of carbonyl (C=O) groups excluding carboxylic acids is 2. The van der Waals surface area contributed by atoms with Gasteiger partial charge in [0.05, 0.1) is 19.6 Å². The molecule has 0 saturated heterocycles. The molecule has 0 spiro atoms. The SMILES string of the molecule is COc1cc(C=CC(=O)OCC(=O)N(C)CCC#N)ccc1OCC#N. The number of hydrogen-bond donors (Lipinski definition) is 0. The van der Waals surface area contributed by atoms with Crippen LogP contribution >= 0.6 is 0 Å². The first kappa shape index (κ1) is 20.5. The van der Waals surface area contributed by atoms with Crippen LogP contribution in [0.1, 0.15) is 12.0 Å². The third-order valence-electron chi connectivity index (χ3n) is 3.21. The molecule has 0 aromatic heterocycles. The molecule has 1 aromatic carbocycles. The highest BCUT2D eigenvalue weighted by molar-refractivity contribution is 5.89. The third kappa shape index (κ3) is 6.93. The average Bonchev–Trinajstić information content (AvgIpc) is 2.66. The van der Waals surface area contributed by atoms with Crippen LogP contribution in [0.4, 0.5) is 0 Å². The Balaban J connectivity index is 2.59. The Morgan fingerprint density at radius 3 is 2.65 bits per heavy atom. The van der Waals surface area contributed by atoms with Crippen molar-refractivity contribution in [3.8, 4) is 23.6 Å². The van der Waals surface area contributed by atoms with E-state index in [2.05, 4.69) is 0 Å². The van der Waals surface area contributed by atoms with Crippen LogP contribution in [0.3, 0.4) is 0 Å². The monoisotopic (exact) mass is 357 g/mol. The number of nitrogens with zero attached hydrogens (tertiary/aromatic N) is 3. The van der Waals surface area contributed by atoms with Crippen molar-refractivity contribution in [3.05, 3.63) is 29.8 Å². The van der Waals surface area contributed by atoms with Crippen molar-refractivity contribution in [2.45, 2.75) is 6.42 Å². The Kier molecular flexibility index (Phi) is 8.77. The fraction of sp³-hybridized carbons (Fsp3) is 0.333. The maximum atomic E-state index is 11.7. The summed E-state index contributed by atoms with van der Waals surface area (Å²) in [6.45, 7) is -0.215. The predicted octanol–water partition coefficient (Wildman–Crippen LogP) is 1.53. The van der Waals surface area contributed by atoms with Crippen molar-refractivity contribution >= 4 is 18.0 Å². The Labute approximate surface area is 151 Å². The number of amides is 1. The van der Waals surface area contributed by atoms with Gasteiger partial charge in [0.2, 0.25) is 0 Å². The normalized spacial score (nSPS) is 9.85. The van der Waals surface area contributed by atoms with Crippen LogP contribution in [-0.2, 0) is 14.3 Å². The highest BCUT2D eigenvalue weighted by atomic mass is 16.5. The first-order valence-corrected chi connectivity index (χ1v) is 7.65. The maximum absolute atomic E-state index is 11.7. The zero-order chi connectivity index (χ0) is 19.4. The van der Waals surface area contributed by atoms with Gasteiger partial charge in [0, 0.05) is 19.7 Å². The van der Waals surface area contributed by atoms with Gasteiger partial charge in [-0.1, -0.05) is 6.07 Å². The average molecular weight is 357 g/mol. The van der Waals surface area contributed by atoms with Gasteiger partial charge in [-0.2, -0.15) is 10.5 Å². The van der Waals surface area contributed by atoms with E-state index in [1.54, 1.807) is 18.2 Å². The smallest absolute Gasteiger partial charge is 0.331 e. The number of methoxy groups -OCH3 is 1. The lowest BCUT2D eigenvalue weighted by Gasteiger charge is -2.14. The van der Waals surface area contributed by atoms with E-state index in [0.29, 0.717) is 17.1 Å². The molecule has 0 aliphatic heterocycles. The van der Waals surface area contributed by atoms with Gasteiger partial charge < -0.3 is 19.1 Å². The second kappa shape index (κ2) is 11.1. The number of likely N-dealkylation sites (N-methyl/N-ethyl adjacent to an activating group) is 1. The van der Waals surface area contributed by atoms with Crippen molar-refractivity contribution in [2.24, 2.45) is 0 Å². The van der Waals surface area contributed by atoms with Crippen LogP contribution in [-0.4, -0.2) is 50.7 Å². The van der Waals surface area contributed by atoms with Crippen LogP contribution < -0.4 is 9.47 Å². The molecule has 0 bridgehead atoms. The predicted molar refractivity (Wildman–Crippen MR) is 92.0 cm³/mol. The zero-order valence-electron chi connectivity index (χ0n) is 14.6. The van der Waals surface area contributed by atoms with Crippen molar-refractivity contribution in [2.75, 3.05) is 33.9 Å². The molecule has 0 fully saturated rings. The highest BCUT2D eigenvalue weighted by Crippen LogP contribution is 2.28. The number of benzene rings is 1. The first-order chi connectivity index (χ1) is 12.5. The third-order valence-corrected chi connectivity index (χ3v) is 3.21. The Morgan fingerprint density at radius 1 is 1.23 bits per heavy atom. The molecule has 0 aliphatic carbocycles. The summed E-state index contributed by atoms with van der Waals surface area (Å²) in [5.41, 5.74) is 0.653. The van der Waals surface area contributed by atoms with Gasteiger partial charge in [0.1, 0.15) is 6.07 Å². The van der Waals surface area contributed by atoms with Crippen LogP contribution in [0, 0.1) is 22.7 Å². The molecule has 0 aliphatic rings. The van der Waals surface area contributed by atoms with Gasteiger partial charge >= 0.3 is 5.97 Å². The molecule has 1 rings (SSSR count). The van der Waals surface area contributed by atoms with Gasteiger partial charge in [-0.05, 0) is 23.8 Å². The fourth-order valence-electron chi connectivity index (χ4n) is 1.81. The summed E-state index contributed by atoms with van der Waals surface area (Å²) >= 11 is 0. The summed E-state index contributed by atoms with van der Waals surface area (Å²) < 4.78 is 15.2. The number of ether oxygens (including phenoxy) is 3. The molecule has 1 amide bonds. The Hall–Kier alpha value is -3.52. The van der Waals surface area contributed by atoms with Crippen LogP contribution in [0.15, 0.2) is 24.3 Å². The standard InChI is InChI=1S/C18H19N3O5/c1-21(10-3-8-19)17(22)13-26-18(23)7-5-14-4-6-15(25-11-9-20)16(12-14)24-2/h4-7,12H,3,10-11,13H2,1-2H3. The van der Waals surface area contributed by atoms with Crippen molar-refractivity contribution in [3.63, 3.8) is 0 Å². The second-order valence-electron chi connectivity index (χ2n) is 5.02. The molecule has 136 valence electrons. The molecule has 26 heavy (non-hydrogen) atoms. The molecule has 8 heteroatoms. The molecule has 0 unspecified atom stereocenters. The van der Waals surface area contributed by atoms with Crippen LogP contribution in [0.25, 0.3) is 6.08 Å². The van der Waals surface area contributed by atoms with Gasteiger partial charge in [-0.3, -0.25) is 4.79 Å². The summed E-state index contributed by atoms with van der Waals surface area (Å²) in [4.78, 5) is 24.7. The number of carbonyl (C=O) groups is 2. The summed E-state index contributed by atoms with van der Waals surface area (Å²) in [6.07, 6.45) is 2.90. The van der Waals surface area contributed by atoms with Gasteiger partial charge in [0.15, 0.2) is 24.7 Å². The lowest BCUT2D eigenvalue weighted by molar-refractivity contribution is -0.147. The molecular formula is C18H19N3O5. The van der Waals surface area contributed by atoms with E-state index in [0.717, 1.165) is 0 Å². The van der Waals surface area contributed by atoms with Gasteiger partial charge in [-0.25, -0.2) is 4.79 Å². The zero-order valence-corrected chi connectivity index (χ0v) is 14.6. The lowest BCUT2D eigenvalue weighted by atomic mass is 10.2. The minimum atomic E-state index is -0.671. The fourth-order valence-corrected chi connectivity index (χ4v) is 1.81. The van der Waals surface area contributed by atoms with E-state index in [1.165, 1.54) is 31.2 Å². The second-order valence-corrected chi connectivity index (χ2v) is 5.02. The van der Waals surface area contributed by atoms with E-state index in [-0.39, 0.29) is 25.5 Å². The number of esters is 1. The minimum Gasteiger partial charge on any atom is -0.493 e. The lowest BCUT2D eigenvalue weighted by Crippen LogP contribution is -2.31. The van der Waals surface area contributed by atoms with E-state index < -0.39 is 12.6 Å². The molecule has 0 saturated carbocycles. The molecule has 1 aromatic rings. The van der Waals surface area contributed by atoms with E-state index in [9.17, 15) is 9.59 Å². The van der Waals surface area contributed by atoms with Gasteiger partial charge in [-0.15, -0.1) is 0 Å². The molecular weight excluding hydrogens is 338 g/mol. The number of nitriles is 2. The van der Waals surface area contributed by atoms with Crippen molar-refractivity contribution < 1.29 is 23.8 Å². The minimum absolute atomic E-state index is 0.102. The summed E-state index contributed by atoms with van der Waals surface area (Å²) in [6, 6.07) is 8.73. The van der Waals surface area contributed by atoms with Crippen molar-refractivity contribution in [1.29, 1.82) is 10.5 Å². The molecule has 0 radical (unpaired) electrons. The summed E-state index contributed by atoms with van der Waals surface area (Å²) in [7, 11) is 3.00. The number of hydrogen-bond acceptors (Lipinski definition) is 7. The largest absolute Gasteiger partial charge is 0.493 e. The van der Waals surface area contributed by atoms with Gasteiger partial charge in [0.25, 0.3) is 5.91 Å². The van der Waals surface area contributed by atoms with Crippen molar-refractivity contribution in [1.82, 2.24) is 4.90 Å². The molecule has 0 heterocycles. The van der Waals surface area contributed by atoms with Crippen LogP contribution in [0.2, 0.25) is 0 Å².